The van der Waals surface area contributed by atoms with Crippen LogP contribution in [0.15, 0.2) is 72.3 Å². The van der Waals surface area contributed by atoms with E-state index >= 15 is 0 Å². The zero-order valence-corrected chi connectivity index (χ0v) is 19.2. The van der Waals surface area contributed by atoms with Gasteiger partial charge in [-0.15, -0.1) is 0 Å². The first-order valence-corrected chi connectivity index (χ1v) is 11.3. The molecule has 1 amide bonds. The predicted octanol–water partition coefficient (Wildman–Crippen LogP) is 4.95. The van der Waals surface area contributed by atoms with E-state index in [1.54, 1.807) is 36.4 Å². The number of ether oxygens (including phenoxy) is 1. The molecule has 0 unspecified atom stereocenters. The van der Waals surface area contributed by atoms with Gasteiger partial charge in [0.05, 0.1) is 28.9 Å². The van der Waals surface area contributed by atoms with Crippen LogP contribution in [0.4, 0.5) is 5.13 Å². The summed E-state index contributed by atoms with van der Waals surface area (Å²) >= 11 is 1.30. The Labute approximate surface area is 199 Å². The molecule has 0 radical (unpaired) electrons. The van der Waals surface area contributed by atoms with Crippen molar-refractivity contribution in [3.8, 4) is 11.5 Å². The van der Waals surface area contributed by atoms with E-state index in [-0.39, 0.29) is 17.1 Å². The van der Waals surface area contributed by atoms with Crippen molar-refractivity contribution in [3.05, 3.63) is 89.0 Å². The second-order valence-electron chi connectivity index (χ2n) is 7.96. The number of hydrogen-bond donors (Lipinski definition) is 2. The summed E-state index contributed by atoms with van der Waals surface area (Å²) in [4.78, 5) is 32.5. The Morgan fingerprint density at radius 1 is 1.06 bits per heavy atom. The molecule has 1 aliphatic rings. The number of aliphatic hydroxyl groups is 1. The van der Waals surface area contributed by atoms with Gasteiger partial charge in [-0.3, -0.25) is 14.5 Å². The molecule has 0 saturated carbocycles. The van der Waals surface area contributed by atoms with Crippen molar-refractivity contribution in [2.45, 2.75) is 13.0 Å². The fourth-order valence-electron chi connectivity index (χ4n) is 4.05. The first-order valence-electron chi connectivity index (χ1n) is 10.5. The molecule has 0 bridgehead atoms. The molecule has 7 nitrogen and oxygen atoms in total. The molecule has 1 saturated heterocycles. The molecule has 1 fully saturated rings. The summed E-state index contributed by atoms with van der Waals surface area (Å²) in [5.74, 6) is -1.35. The second kappa shape index (κ2) is 8.31. The Hall–Kier alpha value is -4.17. The van der Waals surface area contributed by atoms with Crippen LogP contribution in [0.2, 0.25) is 0 Å². The fraction of sp³-hybridized carbons (Fsp3) is 0.115. The highest BCUT2D eigenvalue weighted by Gasteiger charge is 2.48. The van der Waals surface area contributed by atoms with Crippen molar-refractivity contribution in [1.29, 1.82) is 0 Å². The maximum Gasteiger partial charge on any atom is 0.301 e. The lowest BCUT2D eigenvalue weighted by atomic mass is 9.95. The number of carbonyl (C=O) groups excluding carboxylic acids is 2. The molecule has 2 heterocycles. The summed E-state index contributed by atoms with van der Waals surface area (Å²) in [7, 11) is 1.50. The van der Waals surface area contributed by atoms with Crippen molar-refractivity contribution < 1.29 is 24.5 Å². The monoisotopic (exact) mass is 472 g/mol. The lowest BCUT2D eigenvalue weighted by molar-refractivity contribution is -0.132. The van der Waals surface area contributed by atoms with E-state index in [0.29, 0.717) is 27.5 Å². The lowest BCUT2D eigenvalue weighted by Crippen LogP contribution is -2.29. The van der Waals surface area contributed by atoms with Gasteiger partial charge in [0.2, 0.25) is 0 Å². The van der Waals surface area contributed by atoms with Gasteiger partial charge in [-0.2, -0.15) is 0 Å². The topological polar surface area (TPSA) is 100.0 Å². The van der Waals surface area contributed by atoms with Gasteiger partial charge in [-0.1, -0.05) is 41.7 Å². The number of aryl methyl sites for hydroxylation is 1. The minimum absolute atomic E-state index is 0.0453. The third-order valence-electron chi connectivity index (χ3n) is 5.74. The van der Waals surface area contributed by atoms with Gasteiger partial charge in [-0.05, 0) is 54.4 Å². The highest BCUT2D eigenvalue weighted by atomic mass is 32.1. The van der Waals surface area contributed by atoms with Gasteiger partial charge >= 0.3 is 5.91 Å². The number of phenolic OH excluding ortho intramolecular Hbond substituents is 1. The number of fused-ring (bicyclic) bond motifs is 1. The number of phenols is 1. The lowest BCUT2D eigenvalue weighted by Gasteiger charge is -2.23. The van der Waals surface area contributed by atoms with Crippen molar-refractivity contribution in [2.75, 3.05) is 12.0 Å². The van der Waals surface area contributed by atoms with Crippen LogP contribution < -0.4 is 9.64 Å². The second-order valence-corrected chi connectivity index (χ2v) is 8.97. The third kappa shape index (κ3) is 3.58. The standard InChI is InChI=1S/C26H20N2O5S/c1-14-6-11-19-20(12-14)34-26(27-19)28-22(15-7-9-17(29)10-8-15)21(24(31)25(28)32)23(30)16-4-3-5-18(13-16)33-2/h3-13,22,29-30H,1-2H3/b23-21+/t22-/m1/s1. The number of amides is 1. The average Bonchev–Trinajstić information content (AvgIpc) is 3.37. The van der Waals surface area contributed by atoms with Crippen molar-refractivity contribution in [1.82, 2.24) is 4.98 Å². The summed E-state index contributed by atoms with van der Waals surface area (Å²) in [6, 6.07) is 17.7. The number of anilines is 1. The number of thiazole rings is 1. The maximum absolute atomic E-state index is 13.3. The predicted molar refractivity (Wildman–Crippen MR) is 130 cm³/mol. The van der Waals surface area contributed by atoms with Crippen LogP contribution in [0, 0.1) is 6.92 Å². The number of hydrogen-bond acceptors (Lipinski definition) is 7. The molecular weight excluding hydrogens is 452 g/mol. The number of Topliss-reactive ketones (excluding diaryl/α,β-unsaturated/α-hetero) is 1. The van der Waals surface area contributed by atoms with Crippen molar-refractivity contribution in [3.63, 3.8) is 0 Å². The number of rotatable bonds is 4. The molecule has 2 N–H and O–H groups in total. The summed E-state index contributed by atoms with van der Waals surface area (Å²) in [6.07, 6.45) is 0. The molecule has 34 heavy (non-hydrogen) atoms. The minimum Gasteiger partial charge on any atom is -0.508 e. The molecule has 3 aromatic carbocycles. The molecule has 0 spiro atoms. The van der Waals surface area contributed by atoms with Gasteiger partial charge in [0.15, 0.2) is 5.13 Å². The minimum atomic E-state index is -0.923. The highest BCUT2D eigenvalue weighted by Crippen LogP contribution is 2.44. The van der Waals surface area contributed by atoms with E-state index in [0.717, 1.165) is 10.3 Å². The molecule has 0 aliphatic carbocycles. The number of carbonyl (C=O) groups is 2. The first-order chi connectivity index (χ1) is 16.4. The largest absolute Gasteiger partial charge is 0.508 e. The van der Waals surface area contributed by atoms with Crippen LogP contribution in [0.25, 0.3) is 16.0 Å². The van der Waals surface area contributed by atoms with E-state index in [2.05, 4.69) is 4.98 Å². The van der Waals surface area contributed by atoms with E-state index in [9.17, 15) is 19.8 Å². The normalized spacial score (nSPS) is 17.5. The maximum atomic E-state index is 13.3. The molecule has 8 heteroatoms. The molecule has 1 aromatic heterocycles. The summed E-state index contributed by atoms with van der Waals surface area (Å²) in [6.45, 7) is 1.97. The number of aromatic hydroxyl groups is 1. The molecule has 4 aromatic rings. The number of ketones is 1. The van der Waals surface area contributed by atoms with Crippen LogP contribution in [0.5, 0.6) is 11.5 Å². The van der Waals surface area contributed by atoms with E-state index in [1.807, 2.05) is 25.1 Å². The number of aliphatic hydroxyl groups excluding tert-OH is 1. The van der Waals surface area contributed by atoms with Gasteiger partial charge in [0, 0.05) is 5.56 Å². The zero-order valence-electron chi connectivity index (χ0n) is 18.4. The Morgan fingerprint density at radius 3 is 2.56 bits per heavy atom. The Kier molecular flexibility index (Phi) is 5.30. The number of nitrogens with zero attached hydrogens (tertiary/aromatic N) is 2. The SMILES string of the molecule is COc1cccc(/C(O)=C2\C(=O)C(=O)N(c3nc4ccc(C)cc4s3)[C@@H]2c2ccc(O)cc2)c1. The van der Waals surface area contributed by atoms with E-state index in [1.165, 1.54) is 35.5 Å². The third-order valence-corrected chi connectivity index (χ3v) is 6.75. The Bertz CT molecular complexity index is 1470. The molecular formula is C26H20N2O5S. The van der Waals surface area contributed by atoms with Crippen LogP contribution in [-0.4, -0.2) is 34.0 Å². The van der Waals surface area contributed by atoms with Crippen LogP contribution in [0.3, 0.4) is 0 Å². The fourth-order valence-corrected chi connectivity index (χ4v) is 5.14. The molecule has 1 atom stereocenters. The van der Waals surface area contributed by atoms with Gasteiger partial charge in [-0.25, -0.2) is 4.98 Å². The van der Waals surface area contributed by atoms with Gasteiger partial charge < -0.3 is 14.9 Å². The molecule has 170 valence electrons. The molecule has 5 rings (SSSR count). The van der Waals surface area contributed by atoms with Crippen LogP contribution in [-0.2, 0) is 9.59 Å². The van der Waals surface area contributed by atoms with Gasteiger partial charge in [0.1, 0.15) is 17.3 Å². The summed E-state index contributed by atoms with van der Waals surface area (Å²) in [5, 5.41) is 21.4. The number of aromatic nitrogens is 1. The highest BCUT2D eigenvalue weighted by molar-refractivity contribution is 7.22. The molecule has 1 aliphatic heterocycles. The Balaban J connectivity index is 1.73. The van der Waals surface area contributed by atoms with Crippen molar-refractivity contribution >= 4 is 44.1 Å². The van der Waals surface area contributed by atoms with Crippen molar-refractivity contribution in [2.24, 2.45) is 0 Å². The van der Waals surface area contributed by atoms with Gasteiger partial charge in [0.25, 0.3) is 5.78 Å². The number of methoxy groups -OCH3 is 1. The summed E-state index contributed by atoms with van der Waals surface area (Å²) in [5.41, 5.74) is 2.61. The zero-order chi connectivity index (χ0) is 24.0. The first kappa shape index (κ1) is 21.7. The quantitative estimate of drug-likeness (QED) is 0.248. The van der Waals surface area contributed by atoms with Crippen LogP contribution in [0.1, 0.15) is 22.7 Å². The van der Waals surface area contributed by atoms with E-state index in [4.69, 9.17) is 4.74 Å². The summed E-state index contributed by atoms with van der Waals surface area (Å²) < 4.78 is 6.13. The Morgan fingerprint density at radius 2 is 1.82 bits per heavy atom. The number of benzene rings is 3. The average molecular weight is 473 g/mol. The smallest absolute Gasteiger partial charge is 0.301 e. The van der Waals surface area contributed by atoms with E-state index < -0.39 is 17.7 Å². The van der Waals surface area contributed by atoms with Crippen LogP contribution >= 0.6 is 11.3 Å².